The van der Waals surface area contributed by atoms with Crippen molar-refractivity contribution in [1.82, 2.24) is 0 Å². The SMILES string of the molecule is C#CC(C)O.C#CC(C)c1ccccc1. The summed E-state index contributed by atoms with van der Waals surface area (Å²) in [5, 5.41) is 8.12. The van der Waals surface area contributed by atoms with E-state index in [1.807, 2.05) is 37.3 Å². The monoisotopic (exact) mass is 200 g/mol. The van der Waals surface area contributed by atoms with Gasteiger partial charge < -0.3 is 5.11 Å². The molecule has 1 aromatic carbocycles. The Morgan fingerprint density at radius 1 is 1.07 bits per heavy atom. The van der Waals surface area contributed by atoms with Gasteiger partial charge in [-0.2, -0.15) is 0 Å². The second-order valence-corrected chi connectivity index (χ2v) is 3.14. The van der Waals surface area contributed by atoms with Crippen molar-refractivity contribution in [2.45, 2.75) is 25.9 Å². The fourth-order valence-electron chi connectivity index (χ4n) is 0.838. The molecule has 0 spiro atoms. The summed E-state index contributed by atoms with van der Waals surface area (Å²) in [7, 11) is 0. The van der Waals surface area contributed by atoms with Crippen molar-refractivity contribution >= 4 is 0 Å². The summed E-state index contributed by atoms with van der Waals surface area (Å²) < 4.78 is 0. The number of benzene rings is 1. The van der Waals surface area contributed by atoms with Gasteiger partial charge in [0.2, 0.25) is 0 Å². The van der Waals surface area contributed by atoms with Crippen LogP contribution in [0.25, 0.3) is 0 Å². The predicted molar refractivity (Wildman–Crippen MR) is 64.2 cm³/mol. The van der Waals surface area contributed by atoms with Gasteiger partial charge in [0.15, 0.2) is 0 Å². The lowest BCUT2D eigenvalue weighted by Gasteiger charge is -2.01. The number of hydrogen-bond acceptors (Lipinski definition) is 1. The maximum atomic E-state index is 8.12. The van der Waals surface area contributed by atoms with Crippen LogP contribution < -0.4 is 0 Å². The van der Waals surface area contributed by atoms with Crippen LogP contribution in [0, 0.1) is 24.7 Å². The Kier molecular flexibility index (Phi) is 6.81. The molecule has 0 aliphatic heterocycles. The highest BCUT2D eigenvalue weighted by molar-refractivity contribution is 5.24. The summed E-state index contributed by atoms with van der Waals surface area (Å²) >= 11 is 0. The zero-order valence-corrected chi connectivity index (χ0v) is 9.14. The van der Waals surface area contributed by atoms with Crippen LogP contribution in [-0.4, -0.2) is 11.2 Å². The van der Waals surface area contributed by atoms with Crippen LogP contribution in [0.5, 0.6) is 0 Å². The van der Waals surface area contributed by atoms with Gasteiger partial charge in [-0.15, -0.1) is 12.8 Å². The highest BCUT2D eigenvalue weighted by atomic mass is 16.3. The molecule has 1 aromatic rings. The van der Waals surface area contributed by atoms with Gasteiger partial charge >= 0.3 is 0 Å². The maximum Gasteiger partial charge on any atom is 0.111 e. The molecule has 0 aliphatic carbocycles. The molecule has 0 aromatic heterocycles. The second kappa shape index (κ2) is 7.68. The smallest absolute Gasteiger partial charge is 0.111 e. The molecular weight excluding hydrogens is 184 g/mol. The molecule has 2 unspecified atom stereocenters. The maximum absolute atomic E-state index is 8.12. The van der Waals surface area contributed by atoms with E-state index in [0.717, 1.165) is 0 Å². The molecule has 15 heavy (non-hydrogen) atoms. The van der Waals surface area contributed by atoms with Crippen LogP contribution in [0.4, 0.5) is 0 Å². The summed E-state index contributed by atoms with van der Waals surface area (Å²) in [6, 6.07) is 10.1. The van der Waals surface area contributed by atoms with E-state index in [1.165, 1.54) is 5.56 Å². The van der Waals surface area contributed by atoms with Crippen molar-refractivity contribution in [3.8, 4) is 24.7 Å². The number of rotatable bonds is 1. The van der Waals surface area contributed by atoms with Crippen molar-refractivity contribution in [3.05, 3.63) is 35.9 Å². The highest BCUT2D eigenvalue weighted by Gasteiger charge is 1.96. The van der Waals surface area contributed by atoms with Gasteiger partial charge in [0.1, 0.15) is 6.10 Å². The Labute approximate surface area is 92.1 Å². The van der Waals surface area contributed by atoms with Gasteiger partial charge in [0.05, 0.1) is 0 Å². The normalized spacial score (nSPS) is 12.3. The second-order valence-electron chi connectivity index (χ2n) is 3.14. The zero-order chi connectivity index (χ0) is 11.7. The Hall–Kier alpha value is -1.70. The molecule has 1 heteroatoms. The van der Waals surface area contributed by atoms with Crippen molar-refractivity contribution < 1.29 is 5.11 Å². The van der Waals surface area contributed by atoms with E-state index in [-0.39, 0.29) is 5.92 Å². The van der Waals surface area contributed by atoms with Crippen molar-refractivity contribution in [1.29, 1.82) is 0 Å². The first-order chi connectivity index (χ1) is 7.11. The number of terminal acetylenes is 2. The topological polar surface area (TPSA) is 20.2 Å². The Morgan fingerprint density at radius 3 is 1.87 bits per heavy atom. The van der Waals surface area contributed by atoms with Gasteiger partial charge in [-0.05, 0) is 19.4 Å². The predicted octanol–water partition coefficient (Wildman–Crippen LogP) is 2.42. The third kappa shape index (κ3) is 6.38. The fraction of sp³-hybridized carbons (Fsp3) is 0.286. The largest absolute Gasteiger partial charge is 0.381 e. The molecule has 0 bridgehead atoms. The molecule has 1 N–H and O–H groups in total. The lowest BCUT2D eigenvalue weighted by Crippen LogP contribution is -1.90. The molecule has 0 heterocycles. The number of hydrogen-bond donors (Lipinski definition) is 1. The van der Waals surface area contributed by atoms with Gasteiger partial charge in [0.25, 0.3) is 0 Å². The van der Waals surface area contributed by atoms with E-state index in [2.05, 4.69) is 18.3 Å². The standard InChI is InChI=1S/C10H10.C4H6O/c1-3-9(2)10-7-5-4-6-8-10;1-3-4(2)5/h1,4-9H,2H3;1,4-5H,2H3. The molecule has 0 aliphatic rings. The van der Waals surface area contributed by atoms with E-state index in [4.69, 9.17) is 11.5 Å². The number of aliphatic hydroxyl groups excluding tert-OH is 1. The van der Waals surface area contributed by atoms with Crippen LogP contribution in [0.3, 0.4) is 0 Å². The van der Waals surface area contributed by atoms with Gasteiger partial charge in [0, 0.05) is 5.92 Å². The summed E-state index contributed by atoms with van der Waals surface area (Å²) in [6.45, 7) is 3.56. The van der Waals surface area contributed by atoms with Crippen LogP contribution in [0.1, 0.15) is 25.3 Å². The molecule has 0 amide bonds. The minimum Gasteiger partial charge on any atom is -0.381 e. The first kappa shape index (κ1) is 13.3. The lowest BCUT2D eigenvalue weighted by molar-refractivity contribution is 0.253. The minimum atomic E-state index is -0.588. The number of aliphatic hydroxyl groups is 1. The minimum absolute atomic E-state index is 0.237. The molecule has 0 saturated carbocycles. The Balaban J connectivity index is 0.000000336. The molecule has 1 nitrogen and oxygen atoms in total. The third-order valence-corrected chi connectivity index (χ3v) is 1.79. The van der Waals surface area contributed by atoms with Crippen LogP contribution in [0.2, 0.25) is 0 Å². The fourth-order valence-corrected chi connectivity index (χ4v) is 0.838. The van der Waals surface area contributed by atoms with E-state index >= 15 is 0 Å². The molecule has 0 radical (unpaired) electrons. The average molecular weight is 200 g/mol. The molecular formula is C14H16O. The molecule has 0 fully saturated rings. The molecule has 1 rings (SSSR count). The molecule has 2 atom stereocenters. The molecule has 78 valence electrons. The van der Waals surface area contributed by atoms with Crippen molar-refractivity contribution in [3.63, 3.8) is 0 Å². The first-order valence-electron chi connectivity index (χ1n) is 4.77. The van der Waals surface area contributed by atoms with Crippen LogP contribution in [0.15, 0.2) is 30.3 Å². The Morgan fingerprint density at radius 2 is 1.53 bits per heavy atom. The van der Waals surface area contributed by atoms with Crippen LogP contribution >= 0.6 is 0 Å². The van der Waals surface area contributed by atoms with Crippen molar-refractivity contribution in [2.75, 3.05) is 0 Å². The highest BCUT2D eigenvalue weighted by Crippen LogP contribution is 2.11. The summed E-state index contributed by atoms with van der Waals surface area (Å²) in [5.74, 6) is 5.00. The van der Waals surface area contributed by atoms with Gasteiger partial charge in [-0.1, -0.05) is 42.2 Å². The lowest BCUT2D eigenvalue weighted by atomic mass is 10.0. The van der Waals surface area contributed by atoms with E-state index in [1.54, 1.807) is 6.92 Å². The van der Waals surface area contributed by atoms with Gasteiger partial charge in [-0.25, -0.2) is 0 Å². The quantitative estimate of drug-likeness (QED) is 0.690. The summed E-state index contributed by atoms with van der Waals surface area (Å²) in [4.78, 5) is 0. The van der Waals surface area contributed by atoms with E-state index < -0.39 is 6.10 Å². The van der Waals surface area contributed by atoms with E-state index in [9.17, 15) is 0 Å². The molecule has 0 saturated heterocycles. The first-order valence-corrected chi connectivity index (χ1v) is 4.77. The summed E-state index contributed by atoms with van der Waals surface area (Å²) in [6.07, 6.45) is 9.34. The van der Waals surface area contributed by atoms with Crippen LogP contribution in [-0.2, 0) is 0 Å². The van der Waals surface area contributed by atoms with Crippen molar-refractivity contribution in [2.24, 2.45) is 0 Å². The Bertz CT molecular complexity index is 338. The summed E-state index contributed by atoms with van der Waals surface area (Å²) in [5.41, 5.74) is 1.21. The van der Waals surface area contributed by atoms with E-state index in [0.29, 0.717) is 0 Å². The van der Waals surface area contributed by atoms with Gasteiger partial charge in [-0.3, -0.25) is 0 Å². The average Bonchev–Trinajstić information content (AvgIpc) is 2.30. The third-order valence-electron chi connectivity index (χ3n) is 1.79. The zero-order valence-electron chi connectivity index (χ0n) is 9.14.